The Bertz CT molecular complexity index is 916. The minimum absolute atomic E-state index is 0.00779. The first-order chi connectivity index (χ1) is 13.6. The summed E-state index contributed by atoms with van der Waals surface area (Å²) in [7, 11) is 0. The average Bonchev–Trinajstić information content (AvgIpc) is 2.66. The third-order valence-electron chi connectivity index (χ3n) is 7.32. The first-order valence-corrected chi connectivity index (χ1v) is 10.7. The van der Waals surface area contributed by atoms with Gasteiger partial charge in [-0.2, -0.15) is 0 Å². The van der Waals surface area contributed by atoms with Crippen molar-refractivity contribution in [3.05, 3.63) is 34.6 Å². The zero-order valence-corrected chi connectivity index (χ0v) is 16.3. The van der Waals surface area contributed by atoms with Gasteiger partial charge < -0.3 is 5.32 Å². The van der Waals surface area contributed by atoms with Crippen molar-refractivity contribution < 1.29 is 4.79 Å². The van der Waals surface area contributed by atoms with E-state index in [1.165, 1.54) is 43.2 Å². The van der Waals surface area contributed by atoms with Crippen LogP contribution in [0.3, 0.4) is 0 Å². The zero-order chi connectivity index (χ0) is 19.1. The number of rotatable bonds is 6. The molecule has 0 unspecified atom stereocenters. The average molecular weight is 380 g/mol. The van der Waals surface area contributed by atoms with Crippen molar-refractivity contribution in [1.82, 2.24) is 20.3 Å². The van der Waals surface area contributed by atoms with E-state index in [-0.39, 0.29) is 24.4 Å². The molecule has 6 rings (SSSR count). The minimum atomic E-state index is -0.188. The molecule has 148 valence electrons. The molecule has 4 fully saturated rings. The molecule has 1 aromatic heterocycles. The number of nitrogens with one attached hydrogen (secondary N) is 1. The van der Waals surface area contributed by atoms with Gasteiger partial charge in [-0.05, 0) is 80.2 Å². The first-order valence-electron chi connectivity index (χ1n) is 10.7. The number of aromatic nitrogens is 3. The van der Waals surface area contributed by atoms with E-state index in [0.29, 0.717) is 16.3 Å². The van der Waals surface area contributed by atoms with Crippen LogP contribution in [0.2, 0.25) is 0 Å². The maximum absolute atomic E-state index is 12.4. The molecule has 4 saturated carbocycles. The topological polar surface area (TPSA) is 76.9 Å². The number of carbonyl (C=O) groups is 1. The Morgan fingerprint density at radius 3 is 2.50 bits per heavy atom. The Kier molecular flexibility index (Phi) is 4.44. The Labute approximate surface area is 164 Å². The van der Waals surface area contributed by atoms with E-state index in [1.807, 2.05) is 12.1 Å². The van der Waals surface area contributed by atoms with Crippen LogP contribution in [0.1, 0.15) is 51.4 Å². The highest BCUT2D eigenvalue weighted by Gasteiger charge is 2.50. The molecule has 2 aromatic rings. The normalized spacial score (nSPS) is 30.6. The lowest BCUT2D eigenvalue weighted by Gasteiger charge is -2.57. The summed E-state index contributed by atoms with van der Waals surface area (Å²) < 4.78 is 1.29. The van der Waals surface area contributed by atoms with Gasteiger partial charge in [-0.15, -0.1) is 5.10 Å². The summed E-state index contributed by atoms with van der Waals surface area (Å²) in [6.45, 7) is 1.02. The van der Waals surface area contributed by atoms with Crippen LogP contribution in [0.4, 0.5) is 0 Å². The van der Waals surface area contributed by atoms with Crippen LogP contribution in [0.5, 0.6) is 0 Å². The third-order valence-corrected chi connectivity index (χ3v) is 7.32. The lowest BCUT2D eigenvalue weighted by atomic mass is 9.49. The molecule has 1 aromatic carbocycles. The molecule has 4 aliphatic carbocycles. The van der Waals surface area contributed by atoms with Gasteiger partial charge in [-0.25, -0.2) is 4.68 Å². The van der Waals surface area contributed by atoms with Crippen LogP contribution in [0, 0.1) is 23.2 Å². The van der Waals surface area contributed by atoms with Gasteiger partial charge >= 0.3 is 0 Å². The maximum atomic E-state index is 12.4. The van der Waals surface area contributed by atoms with E-state index in [2.05, 4.69) is 15.6 Å². The highest BCUT2D eigenvalue weighted by atomic mass is 16.2. The summed E-state index contributed by atoms with van der Waals surface area (Å²) in [6.07, 6.45) is 9.84. The number of carbonyl (C=O) groups excluding carboxylic acids is 1. The summed E-state index contributed by atoms with van der Waals surface area (Å²) in [5.74, 6) is 2.83. The summed E-state index contributed by atoms with van der Waals surface area (Å²) >= 11 is 0. The Morgan fingerprint density at radius 2 is 1.79 bits per heavy atom. The smallest absolute Gasteiger partial charge is 0.277 e. The van der Waals surface area contributed by atoms with Gasteiger partial charge in [0, 0.05) is 13.0 Å². The maximum Gasteiger partial charge on any atom is 0.277 e. The van der Waals surface area contributed by atoms with Crippen molar-refractivity contribution in [3.8, 4) is 0 Å². The molecule has 0 radical (unpaired) electrons. The van der Waals surface area contributed by atoms with Gasteiger partial charge in [-0.3, -0.25) is 9.59 Å². The lowest BCUT2D eigenvalue weighted by Crippen LogP contribution is -2.47. The van der Waals surface area contributed by atoms with Crippen LogP contribution in [-0.4, -0.2) is 27.4 Å². The van der Waals surface area contributed by atoms with Gasteiger partial charge in [0.1, 0.15) is 5.52 Å². The summed E-state index contributed by atoms with van der Waals surface area (Å²) in [6, 6.07) is 7.16. The molecule has 0 atom stereocenters. The molecule has 0 saturated heterocycles. The van der Waals surface area contributed by atoms with Crippen LogP contribution >= 0.6 is 0 Å². The lowest BCUT2D eigenvalue weighted by molar-refractivity contribution is -0.121. The van der Waals surface area contributed by atoms with Crippen LogP contribution in [0.15, 0.2) is 29.1 Å². The number of aryl methyl sites for hydroxylation is 1. The van der Waals surface area contributed by atoms with Gasteiger partial charge in [0.15, 0.2) is 0 Å². The molecule has 1 N–H and O–H groups in total. The number of hydrogen-bond donors (Lipinski definition) is 1. The SMILES string of the molecule is O=C(CCn1nnc2ccccc2c1=O)NCCC12CC3CC(CC(C3)C1)C2. The van der Waals surface area contributed by atoms with Crippen LogP contribution in [0.25, 0.3) is 10.9 Å². The number of nitrogens with zero attached hydrogens (tertiary/aromatic N) is 3. The molecule has 28 heavy (non-hydrogen) atoms. The summed E-state index contributed by atoms with van der Waals surface area (Å²) in [4.78, 5) is 24.7. The second-order valence-electron chi connectivity index (χ2n) is 9.40. The van der Waals surface area contributed by atoms with E-state index < -0.39 is 0 Å². The van der Waals surface area contributed by atoms with Gasteiger partial charge in [0.25, 0.3) is 5.56 Å². The fourth-order valence-electron chi connectivity index (χ4n) is 6.53. The number of fused-ring (bicyclic) bond motifs is 1. The van der Waals surface area contributed by atoms with Gasteiger partial charge in [0.2, 0.25) is 5.91 Å². The van der Waals surface area contributed by atoms with Crippen molar-refractivity contribution >= 4 is 16.8 Å². The number of hydrogen-bond acceptors (Lipinski definition) is 4. The van der Waals surface area contributed by atoms with E-state index in [1.54, 1.807) is 12.1 Å². The highest BCUT2D eigenvalue weighted by Crippen LogP contribution is 2.61. The quantitative estimate of drug-likeness (QED) is 0.836. The third kappa shape index (κ3) is 3.33. The van der Waals surface area contributed by atoms with Crippen molar-refractivity contribution in [3.63, 3.8) is 0 Å². The Balaban J connectivity index is 1.14. The molecule has 4 bridgehead atoms. The number of amides is 1. The van der Waals surface area contributed by atoms with E-state index >= 15 is 0 Å². The molecular formula is C22H28N4O2. The van der Waals surface area contributed by atoms with Crippen LogP contribution < -0.4 is 10.9 Å². The van der Waals surface area contributed by atoms with Crippen molar-refractivity contribution in [2.75, 3.05) is 6.54 Å². The van der Waals surface area contributed by atoms with Gasteiger partial charge in [-0.1, -0.05) is 17.3 Å². The minimum Gasteiger partial charge on any atom is -0.356 e. The van der Waals surface area contributed by atoms with E-state index in [0.717, 1.165) is 30.7 Å². The van der Waals surface area contributed by atoms with Gasteiger partial charge in [0.05, 0.1) is 11.9 Å². The molecular weight excluding hydrogens is 352 g/mol. The summed E-state index contributed by atoms with van der Waals surface area (Å²) in [5.41, 5.74) is 0.888. The van der Waals surface area contributed by atoms with Crippen molar-refractivity contribution in [2.45, 2.75) is 57.9 Å². The van der Waals surface area contributed by atoms with Crippen molar-refractivity contribution in [2.24, 2.45) is 23.2 Å². The summed E-state index contributed by atoms with van der Waals surface area (Å²) in [5, 5.41) is 11.7. The second-order valence-corrected chi connectivity index (χ2v) is 9.40. The van der Waals surface area contributed by atoms with Crippen molar-refractivity contribution in [1.29, 1.82) is 0 Å². The molecule has 0 spiro atoms. The van der Waals surface area contributed by atoms with E-state index in [4.69, 9.17) is 0 Å². The van der Waals surface area contributed by atoms with E-state index in [9.17, 15) is 9.59 Å². The molecule has 6 heteroatoms. The molecule has 4 aliphatic rings. The first kappa shape index (κ1) is 17.8. The fourth-order valence-corrected chi connectivity index (χ4v) is 6.53. The second kappa shape index (κ2) is 6.98. The Morgan fingerprint density at radius 1 is 1.11 bits per heavy atom. The molecule has 1 heterocycles. The van der Waals surface area contributed by atoms with Crippen LogP contribution in [-0.2, 0) is 11.3 Å². The molecule has 6 nitrogen and oxygen atoms in total. The molecule has 0 aliphatic heterocycles. The predicted molar refractivity (Wildman–Crippen MR) is 107 cm³/mol. The monoisotopic (exact) mass is 380 g/mol. The zero-order valence-electron chi connectivity index (χ0n) is 16.3. The largest absolute Gasteiger partial charge is 0.356 e. The standard InChI is InChI=1S/C22H28N4O2/c27-20(5-8-26-21(28)18-3-1-2-4-19(18)24-25-26)23-7-6-22-12-15-9-16(13-22)11-17(10-15)14-22/h1-4,15-17H,5-14H2,(H,23,27). The Hall–Kier alpha value is -2.24. The highest BCUT2D eigenvalue weighted by molar-refractivity contribution is 5.77. The predicted octanol–water partition coefficient (Wildman–Crippen LogP) is 2.90. The fraction of sp³-hybridized carbons (Fsp3) is 0.636. The molecule has 1 amide bonds. The number of benzene rings is 1.